The number of amides is 1. The van der Waals surface area contributed by atoms with Gasteiger partial charge in [-0.2, -0.15) is 0 Å². The maximum atomic E-state index is 13.2. The molecular formula is C24H23FN4O3. The van der Waals surface area contributed by atoms with Crippen LogP contribution in [0.2, 0.25) is 0 Å². The average molecular weight is 434 g/mol. The van der Waals surface area contributed by atoms with Gasteiger partial charge in [0.15, 0.2) is 0 Å². The van der Waals surface area contributed by atoms with Crippen molar-refractivity contribution in [1.82, 2.24) is 14.1 Å². The van der Waals surface area contributed by atoms with Crippen molar-refractivity contribution in [1.29, 1.82) is 0 Å². The summed E-state index contributed by atoms with van der Waals surface area (Å²) in [5.74, 6) is -0.915. The number of carbonyl (C=O) groups excluding carboxylic acids is 1. The Morgan fingerprint density at radius 1 is 1.06 bits per heavy atom. The summed E-state index contributed by atoms with van der Waals surface area (Å²) in [7, 11) is 1.62. The van der Waals surface area contributed by atoms with Crippen molar-refractivity contribution in [2.75, 3.05) is 5.32 Å². The molecule has 7 nitrogen and oxygen atoms in total. The molecule has 0 bridgehead atoms. The Balaban J connectivity index is 1.70. The summed E-state index contributed by atoms with van der Waals surface area (Å²) in [6.07, 6.45) is 4.70. The van der Waals surface area contributed by atoms with E-state index < -0.39 is 23.0 Å². The van der Waals surface area contributed by atoms with E-state index in [2.05, 4.69) is 17.2 Å². The molecule has 0 spiro atoms. The summed E-state index contributed by atoms with van der Waals surface area (Å²) in [5, 5.41) is 2.81. The molecule has 0 atom stereocenters. The van der Waals surface area contributed by atoms with Crippen LogP contribution >= 0.6 is 0 Å². The van der Waals surface area contributed by atoms with Crippen molar-refractivity contribution >= 4 is 22.6 Å². The number of anilines is 1. The molecule has 0 saturated carbocycles. The van der Waals surface area contributed by atoms with Crippen LogP contribution in [0.1, 0.15) is 35.7 Å². The normalized spacial score (nSPS) is 11.1. The monoisotopic (exact) mass is 434 g/mol. The maximum Gasteiger partial charge on any atom is 0.333 e. The highest BCUT2D eigenvalue weighted by atomic mass is 19.1. The van der Waals surface area contributed by atoms with Crippen LogP contribution in [0.5, 0.6) is 0 Å². The SMILES string of the molecule is CCCCc1ccc(NC(=O)c2cn(C)c3c(=O)n(-c4ccc(F)cc4)c(=O)[nH]c23)cc1. The average Bonchev–Trinajstić information content (AvgIpc) is 3.11. The first-order chi connectivity index (χ1) is 15.4. The third kappa shape index (κ3) is 3.99. The molecule has 32 heavy (non-hydrogen) atoms. The smallest absolute Gasteiger partial charge is 0.333 e. The number of aryl methyl sites for hydroxylation is 2. The van der Waals surface area contributed by atoms with Crippen LogP contribution in [0.25, 0.3) is 16.7 Å². The van der Waals surface area contributed by atoms with E-state index in [1.807, 2.05) is 24.3 Å². The van der Waals surface area contributed by atoms with Crippen molar-refractivity contribution in [3.05, 3.63) is 92.5 Å². The van der Waals surface area contributed by atoms with Crippen molar-refractivity contribution < 1.29 is 9.18 Å². The fraction of sp³-hybridized carbons (Fsp3) is 0.208. The first-order valence-corrected chi connectivity index (χ1v) is 10.4. The zero-order valence-corrected chi connectivity index (χ0v) is 17.8. The van der Waals surface area contributed by atoms with E-state index in [9.17, 15) is 18.8 Å². The van der Waals surface area contributed by atoms with Gasteiger partial charge < -0.3 is 14.9 Å². The number of unbranched alkanes of at least 4 members (excludes halogenated alkanes) is 1. The van der Waals surface area contributed by atoms with Crippen molar-refractivity contribution in [2.45, 2.75) is 26.2 Å². The second-order valence-electron chi connectivity index (χ2n) is 7.68. The highest BCUT2D eigenvalue weighted by molar-refractivity contribution is 6.11. The van der Waals surface area contributed by atoms with E-state index in [0.717, 1.165) is 23.8 Å². The molecule has 0 aliphatic carbocycles. The fourth-order valence-corrected chi connectivity index (χ4v) is 3.70. The fourth-order valence-electron chi connectivity index (χ4n) is 3.70. The third-order valence-corrected chi connectivity index (χ3v) is 5.38. The van der Waals surface area contributed by atoms with E-state index in [1.165, 1.54) is 40.6 Å². The lowest BCUT2D eigenvalue weighted by Crippen LogP contribution is -2.34. The van der Waals surface area contributed by atoms with Gasteiger partial charge in [-0.3, -0.25) is 9.59 Å². The van der Waals surface area contributed by atoms with Crippen LogP contribution in [0.4, 0.5) is 10.1 Å². The maximum absolute atomic E-state index is 13.2. The van der Waals surface area contributed by atoms with Gasteiger partial charge >= 0.3 is 5.69 Å². The van der Waals surface area contributed by atoms with Crippen LogP contribution in [-0.4, -0.2) is 20.0 Å². The van der Waals surface area contributed by atoms with Crippen LogP contribution in [0.3, 0.4) is 0 Å². The van der Waals surface area contributed by atoms with E-state index in [4.69, 9.17) is 0 Å². The Morgan fingerprint density at radius 2 is 1.75 bits per heavy atom. The van der Waals surface area contributed by atoms with Gasteiger partial charge in [-0.15, -0.1) is 0 Å². The van der Waals surface area contributed by atoms with Crippen LogP contribution in [0.15, 0.2) is 64.3 Å². The topological polar surface area (TPSA) is 88.9 Å². The lowest BCUT2D eigenvalue weighted by atomic mass is 10.1. The molecule has 1 amide bonds. The van der Waals surface area contributed by atoms with Gasteiger partial charge in [0.05, 0.1) is 16.8 Å². The Bertz CT molecular complexity index is 1400. The highest BCUT2D eigenvalue weighted by Crippen LogP contribution is 2.18. The molecule has 2 heterocycles. The third-order valence-electron chi connectivity index (χ3n) is 5.38. The molecule has 2 aromatic heterocycles. The van der Waals surface area contributed by atoms with Crippen LogP contribution in [0, 0.1) is 5.82 Å². The molecule has 0 unspecified atom stereocenters. The summed E-state index contributed by atoms with van der Waals surface area (Å²) in [6, 6.07) is 12.6. The Morgan fingerprint density at radius 3 is 2.41 bits per heavy atom. The number of rotatable bonds is 6. The zero-order valence-electron chi connectivity index (χ0n) is 17.8. The molecule has 0 saturated heterocycles. The van der Waals surface area contributed by atoms with Crippen molar-refractivity contribution in [2.24, 2.45) is 7.05 Å². The lowest BCUT2D eigenvalue weighted by Gasteiger charge is -2.07. The van der Waals surface area contributed by atoms with Gasteiger partial charge in [-0.05, 0) is 54.8 Å². The number of hydrogen-bond donors (Lipinski definition) is 2. The summed E-state index contributed by atoms with van der Waals surface area (Å²) < 4.78 is 15.7. The highest BCUT2D eigenvalue weighted by Gasteiger charge is 2.20. The van der Waals surface area contributed by atoms with Gasteiger partial charge in [0.1, 0.15) is 11.3 Å². The second-order valence-corrected chi connectivity index (χ2v) is 7.68. The van der Waals surface area contributed by atoms with Crippen molar-refractivity contribution in [3.8, 4) is 5.69 Å². The first kappa shape index (κ1) is 21.3. The predicted molar refractivity (Wildman–Crippen MR) is 122 cm³/mol. The van der Waals surface area contributed by atoms with E-state index in [1.54, 1.807) is 7.05 Å². The minimum absolute atomic E-state index is 0.151. The van der Waals surface area contributed by atoms with E-state index in [-0.39, 0.29) is 22.3 Å². The minimum Gasteiger partial charge on any atom is -0.344 e. The van der Waals surface area contributed by atoms with Gasteiger partial charge in [0.2, 0.25) is 0 Å². The van der Waals surface area contributed by atoms with Crippen LogP contribution in [-0.2, 0) is 13.5 Å². The number of fused-ring (bicyclic) bond motifs is 1. The second kappa shape index (κ2) is 8.66. The molecule has 0 radical (unpaired) electrons. The first-order valence-electron chi connectivity index (χ1n) is 10.4. The summed E-state index contributed by atoms with van der Waals surface area (Å²) >= 11 is 0. The molecule has 0 aliphatic heterocycles. The Labute approximate surface area is 183 Å². The Kier molecular flexibility index (Phi) is 5.77. The number of H-pyrrole nitrogens is 1. The molecule has 4 rings (SSSR count). The molecule has 0 fully saturated rings. The molecule has 2 N–H and O–H groups in total. The lowest BCUT2D eigenvalue weighted by molar-refractivity contribution is 0.102. The number of nitrogens with zero attached hydrogens (tertiary/aromatic N) is 2. The van der Waals surface area contributed by atoms with E-state index in [0.29, 0.717) is 5.69 Å². The molecule has 0 aliphatic rings. The van der Waals surface area contributed by atoms with Gasteiger partial charge in [0.25, 0.3) is 11.5 Å². The van der Waals surface area contributed by atoms with Gasteiger partial charge in [-0.1, -0.05) is 25.5 Å². The van der Waals surface area contributed by atoms with Crippen molar-refractivity contribution in [3.63, 3.8) is 0 Å². The largest absolute Gasteiger partial charge is 0.344 e. The standard InChI is InChI=1S/C24H23FN4O3/c1-3-4-5-15-6-10-17(11-7-15)26-22(30)19-14-28(2)21-20(19)27-24(32)29(23(21)31)18-12-8-16(25)9-13-18/h6-14H,3-5H2,1-2H3,(H,26,30)(H,27,32). The number of nitrogens with one attached hydrogen (secondary N) is 2. The number of hydrogen-bond acceptors (Lipinski definition) is 3. The number of aromatic amines is 1. The van der Waals surface area contributed by atoms with Gasteiger partial charge in [0, 0.05) is 18.9 Å². The summed E-state index contributed by atoms with van der Waals surface area (Å²) in [6.45, 7) is 2.14. The summed E-state index contributed by atoms with van der Waals surface area (Å²) in [4.78, 5) is 41.3. The molecule has 4 aromatic rings. The van der Waals surface area contributed by atoms with Gasteiger partial charge in [-0.25, -0.2) is 13.8 Å². The molecule has 2 aromatic carbocycles. The minimum atomic E-state index is -0.713. The van der Waals surface area contributed by atoms with Crippen LogP contribution < -0.4 is 16.6 Å². The number of benzene rings is 2. The molecule has 8 heteroatoms. The molecular weight excluding hydrogens is 411 g/mol. The number of halogens is 1. The Hall–Kier alpha value is -3.94. The van der Waals surface area contributed by atoms with E-state index >= 15 is 0 Å². The predicted octanol–water partition coefficient (Wildman–Crippen LogP) is 3.75. The summed E-state index contributed by atoms with van der Waals surface area (Å²) in [5.41, 5.74) is 1.22. The quantitative estimate of drug-likeness (QED) is 0.484. The number of aromatic nitrogens is 3. The number of carbonyl (C=O) groups is 1. The molecule has 164 valence electrons. The zero-order chi connectivity index (χ0) is 22.8.